The summed E-state index contributed by atoms with van der Waals surface area (Å²) in [6.07, 6.45) is 6.73. The van der Waals surface area contributed by atoms with E-state index in [2.05, 4.69) is 26.9 Å². The van der Waals surface area contributed by atoms with Gasteiger partial charge in [0, 0.05) is 50.2 Å². The summed E-state index contributed by atoms with van der Waals surface area (Å²) in [6.45, 7) is 4.56. The van der Waals surface area contributed by atoms with E-state index in [-0.39, 0.29) is 11.2 Å². The fraction of sp³-hybridized carbons (Fsp3) is 0.304. The van der Waals surface area contributed by atoms with Gasteiger partial charge in [-0.1, -0.05) is 18.2 Å². The maximum atomic E-state index is 13.6. The van der Waals surface area contributed by atoms with Crippen LogP contribution < -0.4 is 4.90 Å². The van der Waals surface area contributed by atoms with E-state index in [1.807, 2.05) is 36.8 Å². The first-order valence-corrected chi connectivity index (χ1v) is 9.78. The van der Waals surface area contributed by atoms with Crippen molar-refractivity contribution in [2.75, 3.05) is 24.5 Å². The molecule has 0 bridgehead atoms. The monoisotopic (exact) mass is 374 g/mol. The minimum Gasteiger partial charge on any atom is -0.365 e. The standard InChI is InChI=1S/C23H23FN4/c24-20-6-1-4-18(12-20)14-27-11-8-23(16-27)17-28(15-19-5-2-9-25-13-19)21-7-3-10-26-22(21)23/h1-7,9-10,12-13H,8,11,14-17H2/t23-/m1/s1. The zero-order valence-corrected chi connectivity index (χ0v) is 15.8. The van der Waals surface area contributed by atoms with Crippen LogP contribution in [0.3, 0.4) is 0 Å². The molecule has 0 N–H and O–H groups in total. The summed E-state index contributed by atoms with van der Waals surface area (Å²) < 4.78 is 13.6. The maximum Gasteiger partial charge on any atom is 0.123 e. The molecule has 2 aliphatic rings. The van der Waals surface area contributed by atoms with Gasteiger partial charge in [0.1, 0.15) is 5.82 Å². The van der Waals surface area contributed by atoms with E-state index in [0.717, 1.165) is 44.7 Å². The second kappa shape index (κ2) is 6.99. The molecule has 1 aromatic carbocycles. The van der Waals surface area contributed by atoms with E-state index in [9.17, 15) is 4.39 Å². The Morgan fingerprint density at radius 1 is 0.964 bits per heavy atom. The quantitative estimate of drug-likeness (QED) is 0.696. The van der Waals surface area contributed by atoms with Gasteiger partial charge in [-0.15, -0.1) is 0 Å². The number of aromatic nitrogens is 2. The van der Waals surface area contributed by atoms with Crippen molar-refractivity contribution in [1.29, 1.82) is 0 Å². The van der Waals surface area contributed by atoms with Crippen LogP contribution in [0.5, 0.6) is 0 Å². The highest BCUT2D eigenvalue weighted by atomic mass is 19.1. The number of halogens is 1. The average Bonchev–Trinajstić information content (AvgIpc) is 3.25. The fourth-order valence-corrected chi connectivity index (χ4v) is 4.75. The lowest BCUT2D eigenvalue weighted by atomic mass is 9.85. The lowest BCUT2D eigenvalue weighted by Gasteiger charge is -2.26. The maximum absolute atomic E-state index is 13.6. The summed E-state index contributed by atoms with van der Waals surface area (Å²) in [5, 5.41) is 0. The van der Waals surface area contributed by atoms with Crippen LogP contribution in [0.15, 0.2) is 67.1 Å². The van der Waals surface area contributed by atoms with E-state index >= 15 is 0 Å². The molecule has 1 atom stereocenters. The Kier molecular flexibility index (Phi) is 4.32. The van der Waals surface area contributed by atoms with Gasteiger partial charge in [0.15, 0.2) is 0 Å². The Labute approximate surface area is 164 Å². The summed E-state index contributed by atoms with van der Waals surface area (Å²) in [4.78, 5) is 13.9. The van der Waals surface area contributed by atoms with Crippen LogP contribution >= 0.6 is 0 Å². The van der Waals surface area contributed by atoms with Gasteiger partial charge in [0.2, 0.25) is 0 Å². The molecule has 0 saturated carbocycles. The third-order valence-electron chi connectivity index (χ3n) is 5.95. The van der Waals surface area contributed by atoms with Crippen LogP contribution in [-0.2, 0) is 18.5 Å². The molecule has 28 heavy (non-hydrogen) atoms. The molecule has 0 unspecified atom stereocenters. The van der Waals surface area contributed by atoms with Crippen molar-refractivity contribution in [3.8, 4) is 0 Å². The highest BCUT2D eigenvalue weighted by Gasteiger charge is 2.48. The topological polar surface area (TPSA) is 32.3 Å². The Hall–Kier alpha value is -2.79. The van der Waals surface area contributed by atoms with E-state index in [4.69, 9.17) is 4.98 Å². The lowest BCUT2D eigenvalue weighted by Crippen LogP contribution is -2.36. The summed E-state index contributed by atoms with van der Waals surface area (Å²) >= 11 is 0. The zero-order chi connectivity index (χ0) is 19.0. The van der Waals surface area contributed by atoms with E-state index < -0.39 is 0 Å². The Bertz CT molecular complexity index is 977. The number of fused-ring (bicyclic) bond motifs is 2. The molecule has 5 rings (SSSR count). The number of pyridine rings is 2. The normalized spacial score (nSPS) is 21.4. The summed E-state index contributed by atoms with van der Waals surface area (Å²) in [6, 6.07) is 15.3. The predicted molar refractivity (Wildman–Crippen MR) is 107 cm³/mol. The minimum atomic E-state index is -0.165. The molecular formula is C23H23FN4. The first kappa shape index (κ1) is 17.3. The van der Waals surface area contributed by atoms with Crippen LogP contribution in [0.25, 0.3) is 0 Å². The number of rotatable bonds is 4. The van der Waals surface area contributed by atoms with Crippen molar-refractivity contribution in [1.82, 2.24) is 14.9 Å². The second-order valence-corrected chi connectivity index (χ2v) is 7.96. The molecule has 1 spiro atoms. The van der Waals surface area contributed by atoms with Crippen molar-refractivity contribution in [3.63, 3.8) is 0 Å². The highest BCUT2D eigenvalue weighted by molar-refractivity contribution is 5.60. The zero-order valence-electron chi connectivity index (χ0n) is 15.8. The van der Waals surface area contributed by atoms with Crippen molar-refractivity contribution >= 4 is 5.69 Å². The molecule has 5 heteroatoms. The molecule has 4 heterocycles. The van der Waals surface area contributed by atoms with Gasteiger partial charge in [-0.2, -0.15) is 0 Å². The van der Waals surface area contributed by atoms with Crippen molar-refractivity contribution in [2.24, 2.45) is 0 Å². The van der Waals surface area contributed by atoms with Crippen molar-refractivity contribution < 1.29 is 4.39 Å². The molecule has 1 saturated heterocycles. The molecule has 0 aliphatic carbocycles. The summed E-state index contributed by atoms with van der Waals surface area (Å²) in [7, 11) is 0. The van der Waals surface area contributed by atoms with Crippen LogP contribution in [0.2, 0.25) is 0 Å². The van der Waals surface area contributed by atoms with Gasteiger partial charge in [-0.05, 0) is 54.4 Å². The third-order valence-corrected chi connectivity index (χ3v) is 5.95. The van der Waals surface area contributed by atoms with Crippen molar-refractivity contribution in [3.05, 3.63) is 89.8 Å². The van der Waals surface area contributed by atoms with Gasteiger partial charge < -0.3 is 4.90 Å². The molecule has 0 radical (unpaired) electrons. The highest BCUT2D eigenvalue weighted by Crippen LogP contribution is 2.45. The number of anilines is 1. The molecule has 2 aromatic heterocycles. The van der Waals surface area contributed by atoms with Crippen LogP contribution in [0.1, 0.15) is 23.2 Å². The first-order valence-electron chi connectivity index (χ1n) is 9.78. The van der Waals surface area contributed by atoms with Crippen molar-refractivity contribution in [2.45, 2.75) is 24.9 Å². The number of hydrogen-bond donors (Lipinski definition) is 0. The Morgan fingerprint density at radius 2 is 1.86 bits per heavy atom. The van der Waals surface area contributed by atoms with E-state index in [0.29, 0.717) is 0 Å². The smallest absolute Gasteiger partial charge is 0.123 e. The number of benzene rings is 1. The minimum absolute atomic E-state index is 0.0477. The molecule has 142 valence electrons. The summed E-state index contributed by atoms with van der Waals surface area (Å²) in [5.41, 5.74) is 4.73. The van der Waals surface area contributed by atoms with Crippen LogP contribution in [-0.4, -0.2) is 34.5 Å². The lowest BCUT2D eigenvalue weighted by molar-refractivity contribution is 0.305. The number of nitrogens with zero attached hydrogens (tertiary/aromatic N) is 4. The van der Waals surface area contributed by atoms with Crippen LogP contribution in [0, 0.1) is 5.82 Å². The van der Waals surface area contributed by atoms with Gasteiger partial charge in [-0.25, -0.2) is 4.39 Å². The Balaban J connectivity index is 1.38. The summed E-state index contributed by atoms with van der Waals surface area (Å²) in [5.74, 6) is -0.165. The third kappa shape index (κ3) is 3.16. The SMILES string of the molecule is Fc1cccc(CN2CC[C@@]3(C2)CN(Cc2cccnc2)c2cccnc23)c1. The molecule has 2 aliphatic heterocycles. The molecule has 3 aromatic rings. The largest absolute Gasteiger partial charge is 0.365 e. The Morgan fingerprint density at radius 3 is 2.71 bits per heavy atom. The van der Waals surface area contributed by atoms with Gasteiger partial charge in [0.05, 0.1) is 11.4 Å². The number of hydrogen-bond acceptors (Lipinski definition) is 4. The number of likely N-dealkylation sites (tertiary alicyclic amines) is 1. The molecule has 1 fully saturated rings. The molecule has 0 amide bonds. The van der Waals surface area contributed by atoms with Gasteiger partial charge in [-0.3, -0.25) is 14.9 Å². The van der Waals surface area contributed by atoms with Gasteiger partial charge >= 0.3 is 0 Å². The van der Waals surface area contributed by atoms with Crippen LogP contribution in [0.4, 0.5) is 10.1 Å². The van der Waals surface area contributed by atoms with E-state index in [1.54, 1.807) is 12.1 Å². The van der Waals surface area contributed by atoms with Gasteiger partial charge in [0.25, 0.3) is 0 Å². The fourth-order valence-electron chi connectivity index (χ4n) is 4.75. The first-order chi connectivity index (χ1) is 13.7. The van der Waals surface area contributed by atoms with E-state index in [1.165, 1.54) is 23.0 Å². The molecule has 4 nitrogen and oxygen atoms in total. The average molecular weight is 374 g/mol. The molecular weight excluding hydrogens is 351 g/mol. The second-order valence-electron chi connectivity index (χ2n) is 7.96. The predicted octanol–water partition coefficient (Wildman–Crippen LogP) is 3.78.